The summed E-state index contributed by atoms with van der Waals surface area (Å²) < 4.78 is 21.8. The number of hydrogen-bond acceptors (Lipinski definition) is 5. The van der Waals surface area contributed by atoms with Crippen molar-refractivity contribution >= 4 is 15.7 Å². The molecule has 0 bridgehead atoms. The normalized spacial score (nSPS) is 11.7. The number of aliphatic hydroxyl groups is 2. The van der Waals surface area contributed by atoms with Gasteiger partial charge in [0.05, 0.1) is 11.4 Å². The van der Waals surface area contributed by atoms with Gasteiger partial charge in [-0.2, -0.15) is 0 Å². The van der Waals surface area contributed by atoms with Crippen LogP contribution < -0.4 is 10.5 Å². The molecule has 0 aliphatic heterocycles. The van der Waals surface area contributed by atoms with Gasteiger partial charge in [0, 0.05) is 5.69 Å². The zero-order valence-electron chi connectivity index (χ0n) is 7.79. The molecule has 6 nitrogen and oxygen atoms in total. The third kappa shape index (κ3) is 3.84. The van der Waals surface area contributed by atoms with Crippen molar-refractivity contribution in [2.24, 2.45) is 5.14 Å². The highest BCUT2D eigenvalue weighted by Crippen LogP contribution is 2.12. The molecule has 0 saturated heterocycles. The van der Waals surface area contributed by atoms with Crippen LogP contribution >= 0.6 is 0 Å². The topological polar surface area (TPSA) is 113 Å². The highest BCUT2D eigenvalue weighted by Gasteiger charge is 2.06. The van der Waals surface area contributed by atoms with Crippen LogP contribution in [-0.2, 0) is 10.0 Å². The van der Waals surface area contributed by atoms with Crippen LogP contribution in [0.2, 0.25) is 0 Å². The summed E-state index contributed by atoms with van der Waals surface area (Å²) in [5, 5.41) is 24.7. The highest BCUT2D eigenvalue weighted by molar-refractivity contribution is 7.89. The zero-order valence-corrected chi connectivity index (χ0v) is 8.61. The minimum atomic E-state index is -3.68. The second kappa shape index (κ2) is 4.58. The monoisotopic (exact) mass is 232 g/mol. The smallest absolute Gasteiger partial charge is 0.238 e. The Balaban J connectivity index is 2.73. The SMILES string of the molecule is NS(=O)(=O)c1ccc(NCC(O)O)cc1. The molecule has 0 aromatic heterocycles. The quantitative estimate of drug-likeness (QED) is 0.500. The maximum absolute atomic E-state index is 10.9. The van der Waals surface area contributed by atoms with Crippen LogP contribution in [0, 0.1) is 0 Å². The number of nitrogens with two attached hydrogens (primary N) is 1. The van der Waals surface area contributed by atoms with Gasteiger partial charge in [-0.25, -0.2) is 13.6 Å². The third-order valence-electron chi connectivity index (χ3n) is 1.67. The lowest BCUT2D eigenvalue weighted by Gasteiger charge is -2.07. The number of aliphatic hydroxyl groups excluding tert-OH is 1. The van der Waals surface area contributed by atoms with E-state index in [9.17, 15) is 8.42 Å². The molecule has 1 rings (SSSR count). The lowest BCUT2D eigenvalue weighted by atomic mass is 10.3. The van der Waals surface area contributed by atoms with Crippen LogP contribution in [0.15, 0.2) is 29.2 Å². The first-order valence-electron chi connectivity index (χ1n) is 4.12. The van der Waals surface area contributed by atoms with E-state index in [1.807, 2.05) is 0 Å². The predicted molar refractivity (Wildman–Crippen MR) is 54.5 cm³/mol. The van der Waals surface area contributed by atoms with Gasteiger partial charge in [-0.05, 0) is 24.3 Å². The van der Waals surface area contributed by atoms with Gasteiger partial charge in [0.1, 0.15) is 0 Å². The number of sulfonamides is 1. The van der Waals surface area contributed by atoms with E-state index >= 15 is 0 Å². The van der Waals surface area contributed by atoms with Crippen LogP contribution in [0.5, 0.6) is 0 Å². The summed E-state index contributed by atoms with van der Waals surface area (Å²) in [6.45, 7) is -0.0330. The Morgan fingerprint density at radius 1 is 1.27 bits per heavy atom. The fraction of sp³-hybridized carbons (Fsp3) is 0.250. The van der Waals surface area contributed by atoms with Crippen molar-refractivity contribution in [1.29, 1.82) is 0 Å². The first-order valence-corrected chi connectivity index (χ1v) is 5.67. The Labute approximate surface area is 87.4 Å². The third-order valence-corrected chi connectivity index (χ3v) is 2.60. The summed E-state index contributed by atoms with van der Waals surface area (Å²) in [4.78, 5) is 0.0117. The van der Waals surface area contributed by atoms with E-state index in [-0.39, 0.29) is 11.4 Å². The largest absolute Gasteiger partial charge is 0.380 e. The summed E-state index contributed by atoms with van der Waals surface area (Å²) in [7, 11) is -3.68. The van der Waals surface area contributed by atoms with Crippen molar-refractivity contribution in [2.45, 2.75) is 11.2 Å². The Hall–Kier alpha value is -1.15. The van der Waals surface area contributed by atoms with Gasteiger partial charge < -0.3 is 15.5 Å². The summed E-state index contributed by atoms with van der Waals surface area (Å²) in [6, 6.07) is 5.65. The Bertz CT molecular complexity index is 413. The molecule has 0 atom stereocenters. The van der Waals surface area contributed by atoms with Crippen LogP contribution in [0.3, 0.4) is 0 Å². The summed E-state index contributed by atoms with van der Waals surface area (Å²) in [6.07, 6.45) is -1.46. The number of hydrogen-bond donors (Lipinski definition) is 4. The van der Waals surface area contributed by atoms with Gasteiger partial charge in [-0.1, -0.05) is 0 Å². The van der Waals surface area contributed by atoms with E-state index < -0.39 is 16.3 Å². The first-order chi connectivity index (χ1) is 6.89. The number of nitrogens with one attached hydrogen (secondary N) is 1. The molecule has 0 saturated carbocycles. The van der Waals surface area contributed by atoms with Gasteiger partial charge in [0.15, 0.2) is 6.29 Å². The molecule has 0 spiro atoms. The van der Waals surface area contributed by atoms with E-state index in [4.69, 9.17) is 15.4 Å². The highest BCUT2D eigenvalue weighted by atomic mass is 32.2. The second-order valence-corrected chi connectivity index (χ2v) is 4.49. The fourth-order valence-corrected chi connectivity index (χ4v) is 1.49. The van der Waals surface area contributed by atoms with Crippen molar-refractivity contribution in [3.05, 3.63) is 24.3 Å². The minimum absolute atomic E-state index is 0.0117. The first kappa shape index (κ1) is 11.9. The average Bonchev–Trinajstić information content (AvgIpc) is 2.14. The van der Waals surface area contributed by atoms with Crippen LogP contribution in [0.1, 0.15) is 0 Å². The molecular formula is C8H12N2O4S. The molecule has 0 unspecified atom stereocenters. The predicted octanol–water partition coefficient (Wildman–Crippen LogP) is -0.943. The Morgan fingerprint density at radius 3 is 2.20 bits per heavy atom. The summed E-state index contributed by atoms with van der Waals surface area (Å²) in [5.41, 5.74) is 0.579. The van der Waals surface area contributed by atoms with Crippen LogP contribution in [-0.4, -0.2) is 31.5 Å². The number of benzene rings is 1. The molecule has 5 N–H and O–H groups in total. The minimum Gasteiger partial charge on any atom is -0.380 e. The standard InChI is InChI=1S/C8H12N2O4S/c9-15(13,14)7-3-1-6(2-4-7)10-5-8(11)12/h1-4,8,10-12H,5H2,(H2,9,13,14). The van der Waals surface area contributed by atoms with E-state index in [1.54, 1.807) is 0 Å². The zero-order chi connectivity index (χ0) is 11.5. The van der Waals surface area contributed by atoms with Crippen molar-refractivity contribution in [3.63, 3.8) is 0 Å². The van der Waals surface area contributed by atoms with E-state index in [2.05, 4.69) is 5.32 Å². The van der Waals surface area contributed by atoms with Gasteiger partial charge in [-0.3, -0.25) is 0 Å². The molecule has 84 valence electrons. The van der Waals surface area contributed by atoms with Crippen LogP contribution in [0.25, 0.3) is 0 Å². The molecule has 0 radical (unpaired) electrons. The molecule has 1 aromatic carbocycles. The average molecular weight is 232 g/mol. The molecule has 0 aliphatic carbocycles. The maximum Gasteiger partial charge on any atom is 0.238 e. The molecule has 0 aliphatic rings. The molecule has 0 fully saturated rings. The summed E-state index contributed by atoms with van der Waals surface area (Å²) in [5.74, 6) is 0. The van der Waals surface area contributed by atoms with Gasteiger partial charge in [-0.15, -0.1) is 0 Å². The van der Waals surface area contributed by atoms with Crippen molar-refractivity contribution in [2.75, 3.05) is 11.9 Å². The molecule has 1 aromatic rings. The molecule has 7 heteroatoms. The number of primary sulfonamides is 1. The second-order valence-electron chi connectivity index (χ2n) is 2.93. The van der Waals surface area contributed by atoms with E-state index in [1.165, 1.54) is 24.3 Å². The molecule has 0 heterocycles. The van der Waals surface area contributed by atoms with Gasteiger partial charge in [0.2, 0.25) is 10.0 Å². The van der Waals surface area contributed by atoms with Crippen molar-refractivity contribution in [1.82, 2.24) is 0 Å². The molecular weight excluding hydrogens is 220 g/mol. The Morgan fingerprint density at radius 2 is 1.80 bits per heavy atom. The van der Waals surface area contributed by atoms with Gasteiger partial charge >= 0.3 is 0 Å². The molecule has 0 amide bonds. The Kier molecular flexibility index (Phi) is 3.64. The van der Waals surface area contributed by atoms with Crippen molar-refractivity contribution < 1.29 is 18.6 Å². The number of rotatable bonds is 4. The summed E-state index contributed by atoms with van der Waals surface area (Å²) >= 11 is 0. The lowest BCUT2D eigenvalue weighted by Crippen LogP contribution is -2.18. The fourth-order valence-electron chi connectivity index (χ4n) is 0.972. The van der Waals surface area contributed by atoms with Crippen molar-refractivity contribution in [3.8, 4) is 0 Å². The van der Waals surface area contributed by atoms with E-state index in [0.29, 0.717) is 5.69 Å². The van der Waals surface area contributed by atoms with E-state index in [0.717, 1.165) is 0 Å². The number of anilines is 1. The molecule has 15 heavy (non-hydrogen) atoms. The lowest BCUT2D eigenvalue weighted by molar-refractivity contribution is -0.0275. The van der Waals surface area contributed by atoms with Crippen LogP contribution in [0.4, 0.5) is 5.69 Å². The maximum atomic E-state index is 10.9. The van der Waals surface area contributed by atoms with Gasteiger partial charge in [0.25, 0.3) is 0 Å².